The number of rotatable bonds is 11. The van der Waals surface area contributed by atoms with E-state index >= 15 is 0 Å². The van der Waals surface area contributed by atoms with Crippen LogP contribution in [0.4, 0.5) is 35.1 Å². The molecular weight excluding hydrogens is 1600 g/mol. The van der Waals surface area contributed by atoms with Gasteiger partial charge < -0.3 is 5.11 Å². The van der Waals surface area contributed by atoms with E-state index in [9.17, 15) is 40.2 Å². The van der Waals surface area contributed by atoms with Crippen molar-refractivity contribution in [3.63, 3.8) is 0 Å². The standard InChI is InChI=1S/C20H28F2.C19H20F2O.C16H28.C15H26.C14H18F2.C14H12F2.C14H26.Y/c1-13-3-6-15(7-4-13)16-8-10-17(11-9-16)18-12-5-14(2)19(21)20(18)22;1-12-2-4-13(5-3-12)14-6-8-15(9-7-14)16-10-11-17(22)19(21)18(16)20;1-3-4-14-7-11-16(12-8-14)15-9-5-13(2)6-10-15;1-3-13-6-10-15(11-7-13)14-8-4-12(2)5-9-14;2*1-9-3-6-11(7-4-9)12-8-5-10(2)13(15)14(12)16;1-11-3-7-13(8-4-11)14-9-5-12(2)6-10-14;/h5,12-13,15-17H,3-4,6-11H2,1-2H3;6-13,22H,2-5H2,1H3;3-4,13-16H,5-12H2,1-2H3;3,12-15H,1,4-11H2,2H3;5,8-9,11H,3-4,6-7H2,1-2H3;3-8H,1-2H3;11-14H,3-10H2,1-2H3;/b;;4-3+;;;;;. The molecule has 0 aliphatic heterocycles. The topological polar surface area (TPSA) is 20.2 Å². The first-order valence-electron chi connectivity index (χ1n) is 49.1. The third-order valence-corrected chi connectivity index (χ3v) is 32.1. The summed E-state index contributed by atoms with van der Waals surface area (Å²) < 4.78 is 110. The largest absolute Gasteiger partial charge is 0.505 e. The summed E-state index contributed by atoms with van der Waals surface area (Å²) >= 11 is 0. The second kappa shape index (κ2) is 50.8. The summed E-state index contributed by atoms with van der Waals surface area (Å²) in [5.41, 5.74) is 6.50. The van der Waals surface area contributed by atoms with Crippen LogP contribution in [0.15, 0.2) is 122 Å². The van der Waals surface area contributed by atoms with Gasteiger partial charge in [0.05, 0.1) is 0 Å². The zero-order chi connectivity index (χ0) is 86.8. The number of hydrogen-bond donors (Lipinski definition) is 1. The molecule has 1 nitrogen and oxygen atoms in total. The normalized spacial score (nSPS) is 30.4. The third-order valence-electron chi connectivity index (χ3n) is 32.1. The summed E-state index contributed by atoms with van der Waals surface area (Å²) in [7, 11) is 0. The van der Waals surface area contributed by atoms with Gasteiger partial charge in [0.15, 0.2) is 46.5 Å². The van der Waals surface area contributed by atoms with Crippen molar-refractivity contribution in [3.05, 3.63) is 207 Å². The van der Waals surface area contributed by atoms with Crippen molar-refractivity contribution in [2.75, 3.05) is 0 Å². The monoisotopic (exact) mass is 1760 g/mol. The van der Waals surface area contributed by atoms with Crippen LogP contribution in [0.5, 0.6) is 5.75 Å². The Hall–Kier alpha value is -4.86. The SMILES string of the molecule is C/C=C/C1CCC(C2CCC(C)CC2)CC1.C=CC1CCC(C2CCC(C)CC2)CC1.CC1CCC(C2CCC(C)CC2)CC1.CC1CCC(c2ccc(-c3ccc(O)c(F)c3F)cc2)CC1.Cc1ccc(-c2ccc(C)c(F)c2F)cc1.Cc1ccc(C2CCC(C)CC2)c(F)c1F.Cc1ccc(C2CCC(C3CCC(C)CC3)CC2)c(F)c1F.[Y]. The molecule has 0 heterocycles. The number of hydrogen-bond acceptors (Lipinski definition) is 1. The summed E-state index contributed by atoms with van der Waals surface area (Å²) in [6, 6.07) is 27.8. The number of aryl methyl sites for hydroxylation is 4. The minimum absolute atomic E-state index is 0. The van der Waals surface area contributed by atoms with Crippen LogP contribution in [0.3, 0.4) is 0 Å². The molecule has 0 bridgehead atoms. The Labute approximate surface area is 761 Å². The third kappa shape index (κ3) is 29.9. The maximum atomic E-state index is 14.2. The zero-order valence-electron chi connectivity index (χ0n) is 77.6. The number of allylic oxidation sites excluding steroid dienone is 3. The van der Waals surface area contributed by atoms with Gasteiger partial charge in [0.1, 0.15) is 0 Å². The summed E-state index contributed by atoms with van der Waals surface area (Å²) in [5.74, 6) is 10.5. The molecule has 0 amide bonds. The van der Waals surface area contributed by atoms with Crippen LogP contribution >= 0.6 is 0 Å². The molecule has 0 saturated heterocycles. The predicted octanol–water partition coefficient (Wildman–Crippen LogP) is 35.5. The van der Waals surface area contributed by atoms with Gasteiger partial charge in [-0.25, -0.2) is 30.7 Å². The van der Waals surface area contributed by atoms with Crippen LogP contribution in [0, 0.1) is 175 Å². The second-order valence-corrected chi connectivity index (χ2v) is 41.2. The van der Waals surface area contributed by atoms with E-state index in [0.717, 1.165) is 145 Å². The molecule has 671 valence electrons. The first-order valence-corrected chi connectivity index (χ1v) is 49.1. The van der Waals surface area contributed by atoms with Crippen molar-refractivity contribution >= 4 is 0 Å². The molecule has 122 heavy (non-hydrogen) atoms. The average molecular weight is 1760 g/mol. The Bertz CT molecular complexity index is 4030. The van der Waals surface area contributed by atoms with Gasteiger partial charge >= 0.3 is 0 Å². The summed E-state index contributed by atoms with van der Waals surface area (Å²) in [6.07, 6.45) is 61.9. The fourth-order valence-corrected chi connectivity index (χ4v) is 23.0. The number of phenols is 1. The van der Waals surface area contributed by atoms with Crippen molar-refractivity contribution in [2.45, 2.75) is 358 Å². The second-order valence-electron chi connectivity index (χ2n) is 41.2. The van der Waals surface area contributed by atoms with E-state index in [4.69, 9.17) is 0 Å². The predicted molar refractivity (Wildman–Crippen MR) is 494 cm³/mol. The molecule has 10 heteroatoms. The molecule has 10 aliphatic carbocycles. The van der Waals surface area contributed by atoms with Gasteiger partial charge in [-0.1, -0.05) is 247 Å². The molecule has 10 aliphatic rings. The van der Waals surface area contributed by atoms with Crippen molar-refractivity contribution in [3.8, 4) is 28.0 Å². The number of halogens is 8. The molecule has 1 radical (unpaired) electrons. The molecule has 10 fully saturated rings. The molecule has 0 unspecified atom stereocenters. The zero-order valence-corrected chi connectivity index (χ0v) is 80.4. The van der Waals surface area contributed by atoms with Crippen molar-refractivity contribution < 1.29 is 72.9 Å². The minimum Gasteiger partial charge on any atom is -0.505 e. The van der Waals surface area contributed by atoms with Crippen molar-refractivity contribution in [1.82, 2.24) is 0 Å². The van der Waals surface area contributed by atoms with E-state index in [2.05, 4.69) is 80.2 Å². The van der Waals surface area contributed by atoms with E-state index in [0.29, 0.717) is 50.4 Å². The van der Waals surface area contributed by atoms with Gasteiger partial charge in [0, 0.05) is 43.8 Å². The van der Waals surface area contributed by atoms with Gasteiger partial charge in [-0.15, -0.1) is 6.58 Å². The van der Waals surface area contributed by atoms with Gasteiger partial charge in [-0.2, -0.15) is 4.39 Å². The number of aromatic hydroxyl groups is 1. The summed E-state index contributed by atoms with van der Waals surface area (Å²) in [5, 5.41) is 9.19. The molecule has 0 atom stereocenters. The smallest absolute Gasteiger partial charge is 0.200 e. The van der Waals surface area contributed by atoms with E-state index in [-0.39, 0.29) is 50.1 Å². The molecule has 6 aromatic carbocycles. The van der Waals surface area contributed by atoms with E-state index in [1.807, 2.05) is 43.3 Å². The Morgan fingerprint density at radius 3 is 0.852 bits per heavy atom. The minimum atomic E-state index is -1.19. The first kappa shape index (κ1) is 101. The molecule has 6 aromatic rings. The summed E-state index contributed by atoms with van der Waals surface area (Å²) in [6.45, 7) is 29.4. The molecule has 0 spiro atoms. The maximum Gasteiger partial charge on any atom is 0.200 e. The Kier molecular flexibility index (Phi) is 42.0. The van der Waals surface area contributed by atoms with Gasteiger partial charge in [-0.05, 0) is 377 Å². The number of benzene rings is 6. The molecule has 10 saturated carbocycles. The van der Waals surface area contributed by atoms with E-state index < -0.39 is 52.3 Å². The Morgan fingerprint density at radius 2 is 0.525 bits per heavy atom. The molecule has 16 rings (SSSR count). The van der Waals surface area contributed by atoms with E-state index in [1.165, 1.54) is 210 Å². The molecule has 0 aromatic heterocycles. The van der Waals surface area contributed by atoms with Crippen LogP contribution in [-0.2, 0) is 32.7 Å². The van der Waals surface area contributed by atoms with Crippen LogP contribution in [-0.4, -0.2) is 5.11 Å². The molecular formula is C112H158F8OY. The van der Waals surface area contributed by atoms with Gasteiger partial charge in [0.2, 0.25) is 5.82 Å². The van der Waals surface area contributed by atoms with Crippen molar-refractivity contribution in [1.29, 1.82) is 0 Å². The average Bonchev–Trinajstić information content (AvgIpc) is 0.826. The first-order chi connectivity index (χ1) is 58.1. The summed E-state index contributed by atoms with van der Waals surface area (Å²) in [4.78, 5) is 0. The van der Waals surface area contributed by atoms with Crippen molar-refractivity contribution in [2.24, 2.45) is 101 Å². The maximum absolute atomic E-state index is 14.2. The Balaban J connectivity index is 0.000000162. The van der Waals surface area contributed by atoms with Crippen LogP contribution in [0.2, 0.25) is 0 Å². The van der Waals surface area contributed by atoms with Crippen LogP contribution in [0.1, 0.15) is 369 Å². The Morgan fingerprint density at radius 1 is 0.270 bits per heavy atom. The van der Waals surface area contributed by atoms with Crippen LogP contribution in [0.25, 0.3) is 22.3 Å². The number of phenolic OH excluding ortho intramolecular Hbond substituents is 1. The quantitative estimate of drug-likeness (QED) is 0.101. The molecule has 1 N–H and O–H groups in total. The van der Waals surface area contributed by atoms with E-state index in [1.54, 1.807) is 95.0 Å². The fourth-order valence-electron chi connectivity index (χ4n) is 23.0. The van der Waals surface area contributed by atoms with Crippen LogP contribution < -0.4 is 0 Å². The van der Waals surface area contributed by atoms with Gasteiger partial charge in [0.25, 0.3) is 0 Å². The fraction of sp³-hybridized carbons (Fsp3) is 0.643. The van der Waals surface area contributed by atoms with Gasteiger partial charge in [-0.3, -0.25) is 0 Å².